The summed E-state index contributed by atoms with van der Waals surface area (Å²) in [4.78, 5) is 13.2. The summed E-state index contributed by atoms with van der Waals surface area (Å²) in [7, 11) is -3.49. The lowest BCUT2D eigenvalue weighted by Gasteiger charge is -2.17. The molecular formula is C8H14N2O3S2. The molecule has 0 radical (unpaired) electrons. The fourth-order valence-corrected chi connectivity index (χ4v) is 4.21. The van der Waals surface area contributed by atoms with Crippen molar-refractivity contribution in [2.45, 2.75) is 25.0 Å². The van der Waals surface area contributed by atoms with Crippen molar-refractivity contribution in [3.63, 3.8) is 0 Å². The Kier molecular flexibility index (Phi) is 3.69. The highest BCUT2D eigenvalue weighted by Crippen LogP contribution is 2.20. The zero-order valence-electron chi connectivity index (χ0n) is 8.90. The van der Waals surface area contributed by atoms with Crippen LogP contribution in [0.4, 0.5) is 0 Å². The second-order valence-corrected chi connectivity index (χ2v) is 6.13. The van der Waals surface area contributed by atoms with Gasteiger partial charge in [-0.25, -0.2) is 8.42 Å². The largest absolute Gasteiger partial charge is 0.315 e. The van der Waals surface area contributed by atoms with Crippen LogP contribution in [0.2, 0.25) is 0 Å². The average Bonchev–Trinajstić information content (AvgIpc) is 2.47. The number of aryl methyl sites for hydroxylation is 1. The van der Waals surface area contributed by atoms with E-state index in [1.54, 1.807) is 20.8 Å². The van der Waals surface area contributed by atoms with Crippen molar-refractivity contribution in [1.82, 2.24) is 9.29 Å². The van der Waals surface area contributed by atoms with Gasteiger partial charge < -0.3 is 4.98 Å². The van der Waals surface area contributed by atoms with Crippen LogP contribution in [-0.4, -0.2) is 30.8 Å². The second-order valence-electron chi connectivity index (χ2n) is 3.02. The molecule has 0 aliphatic rings. The van der Waals surface area contributed by atoms with Crippen LogP contribution in [0.3, 0.4) is 0 Å². The first-order valence-electron chi connectivity index (χ1n) is 4.63. The molecule has 0 amide bonds. The third kappa shape index (κ3) is 2.30. The van der Waals surface area contributed by atoms with E-state index in [2.05, 4.69) is 4.98 Å². The van der Waals surface area contributed by atoms with Gasteiger partial charge in [0.1, 0.15) is 0 Å². The number of rotatable bonds is 4. The Labute approximate surface area is 92.8 Å². The summed E-state index contributed by atoms with van der Waals surface area (Å²) >= 11 is 0.740. The Bertz CT molecular complexity index is 482. The number of sulfonamides is 1. The van der Waals surface area contributed by atoms with E-state index < -0.39 is 10.0 Å². The van der Waals surface area contributed by atoms with Crippen LogP contribution in [0.5, 0.6) is 0 Å². The van der Waals surface area contributed by atoms with E-state index in [1.807, 2.05) is 0 Å². The van der Waals surface area contributed by atoms with Gasteiger partial charge in [0.15, 0.2) is 4.21 Å². The minimum Gasteiger partial charge on any atom is -0.315 e. The van der Waals surface area contributed by atoms with Crippen molar-refractivity contribution >= 4 is 21.4 Å². The van der Waals surface area contributed by atoms with Crippen molar-refractivity contribution in [1.29, 1.82) is 0 Å². The maximum Gasteiger partial charge on any atom is 0.305 e. The molecule has 0 fully saturated rings. The maximum atomic E-state index is 12.0. The third-order valence-corrected chi connectivity index (χ3v) is 5.69. The molecule has 15 heavy (non-hydrogen) atoms. The van der Waals surface area contributed by atoms with Crippen molar-refractivity contribution in [2.75, 3.05) is 13.1 Å². The quantitative estimate of drug-likeness (QED) is 0.858. The molecule has 7 heteroatoms. The summed E-state index contributed by atoms with van der Waals surface area (Å²) in [6.45, 7) is 5.95. The van der Waals surface area contributed by atoms with E-state index in [0.29, 0.717) is 18.8 Å². The van der Waals surface area contributed by atoms with Gasteiger partial charge in [0.25, 0.3) is 10.0 Å². The van der Waals surface area contributed by atoms with Gasteiger partial charge in [-0.1, -0.05) is 25.2 Å². The van der Waals surface area contributed by atoms with Gasteiger partial charge >= 0.3 is 4.87 Å². The molecule has 1 rings (SSSR count). The van der Waals surface area contributed by atoms with E-state index in [0.717, 1.165) is 11.3 Å². The molecular weight excluding hydrogens is 236 g/mol. The van der Waals surface area contributed by atoms with E-state index in [9.17, 15) is 13.2 Å². The van der Waals surface area contributed by atoms with Crippen molar-refractivity contribution in [3.8, 4) is 0 Å². The lowest BCUT2D eigenvalue weighted by Crippen LogP contribution is -2.30. The monoisotopic (exact) mass is 250 g/mol. The van der Waals surface area contributed by atoms with Crippen LogP contribution < -0.4 is 4.87 Å². The predicted molar refractivity (Wildman–Crippen MR) is 59.8 cm³/mol. The topological polar surface area (TPSA) is 70.2 Å². The number of H-pyrrole nitrogens is 1. The summed E-state index contributed by atoms with van der Waals surface area (Å²) < 4.78 is 25.5. The van der Waals surface area contributed by atoms with Gasteiger partial charge in [0.05, 0.1) is 0 Å². The van der Waals surface area contributed by atoms with Crippen molar-refractivity contribution < 1.29 is 8.42 Å². The van der Waals surface area contributed by atoms with Crippen LogP contribution in [-0.2, 0) is 10.0 Å². The zero-order valence-corrected chi connectivity index (χ0v) is 10.5. The Morgan fingerprint density at radius 2 is 1.87 bits per heavy atom. The molecule has 0 unspecified atom stereocenters. The molecule has 0 aromatic carbocycles. The molecule has 86 valence electrons. The van der Waals surface area contributed by atoms with Gasteiger partial charge in [-0.3, -0.25) is 4.79 Å². The van der Waals surface area contributed by atoms with Crippen LogP contribution >= 0.6 is 11.3 Å². The van der Waals surface area contributed by atoms with Crippen LogP contribution in [0.15, 0.2) is 9.00 Å². The lowest BCUT2D eigenvalue weighted by atomic mass is 10.6. The molecule has 0 aliphatic heterocycles. The van der Waals surface area contributed by atoms with Crippen LogP contribution in [0, 0.1) is 6.92 Å². The van der Waals surface area contributed by atoms with Crippen molar-refractivity contribution in [2.24, 2.45) is 0 Å². The van der Waals surface area contributed by atoms with Gasteiger partial charge in [-0.05, 0) is 6.92 Å². The highest BCUT2D eigenvalue weighted by atomic mass is 32.2. The standard InChI is InChI=1S/C8H14N2O3S2/c1-4-10(5-2)15(12,13)7-6(3)9-8(11)14-7/h4-5H2,1-3H3,(H,9,11). The minimum atomic E-state index is -3.49. The minimum absolute atomic E-state index is 0.121. The van der Waals surface area contributed by atoms with E-state index in [1.165, 1.54) is 4.31 Å². The smallest absolute Gasteiger partial charge is 0.305 e. The zero-order chi connectivity index (χ0) is 11.6. The maximum absolute atomic E-state index is 12.0. The Balaban J connectivity index is 3.28. The summed E-state index contributed by atoms with van der Waals surface area (Å²) in [6.07, 6.45) is 0. The first-order chi connectivity index (χ1) is 6.93. The third-order valence-electron chi connectivity index (χ3n) is 2.06. The number of thiazole rings is 1. The molecule has 0 saturated carbocycles. The molecule has 1 aromatic heterocycles. The van der Waals surface area contributed by atoms with E-state index in [4.69, 9.17) is 0 Å². The summed E-state index contributed by atoms with van der Waals surface area (Å²) in [5.41, 5.74) is 0.414. The number of hydrogen-bond acceptors (Lipinski definition) is 4. The van der Waals surface area contributed by atoms with Gasteiger partial charge in [-0.2, -0.15) is 4.31 Å². The molecule has 0 spiro atoms. The second kappa shape index (κ2) is 4.46. The molecule has 1 N–H and O–H groups in total. The molecule has 1 heterocycles. The van der Waals surface area contributed by atoms with Crippen LogP contribution in [0.1, 0.15) is 19.5 Å². The molecule has 5 nitrogen and oxygen atoms in total. The molecule has 0 bridgehead atoms. The molecule has 1 aromatic rings. The van der Waals surface area contributed by atoms with Crippen molar-refractivity contribution in [3.05, 3.63) is 15.4 Å². The van der Waals surface area contributed by atoms with Crippen LogP contribution in [0.25, 0.3) is 0 Å². The number of nitrogens with zero attached hydrogens (tertiary/aromatic N) is 1. The average molecular weight is 250 g/mol. The lowest BCUT2D eigenvalue weighted by molar-refractivity contribution is 0.446. The summed E-state index contributed by atoms with van der Waals surface area (Å²) in [6, 6.07) is 0. The van der Waals surface area contributed by atoms with Gasteiger partial charge in [0, 0.05) is 18.8 Å². The predicted octanol–water partition coefficient (Wildman–Crippen LogP) is 0.775. The Hall–Kier alpha value is -0.660. The Morgan fingerprint density at radius 3 is 2.20 bits per heavy atom. The first-order valence-corrected chi connectivity index (χ1v) is 6.89. The van der Waals surface area contributed by atoms with E-state index in [-0.39, 0.29) is 9.08 Å². The molecule has 0 atom stereocenters. The Morgan fingerprint density at radius 1 is 1.33 bits per heavy atom. The molecule has 0 saturated heterocycles. The highest BCUT2D eigenvalue weighted by molar-refractivity contribution is 7.91. The first kappa shape index (κ1) is 12.4. The normalized spacial score (nSPS) is 12.3. The molecule has 0 aliphatic carbocycles. The fraction of sp³-hybridized carbons (Fsp3) is 0.625. The SMILES string of the molecule is CCN(CC)S(=O)(=O)c1sc(=O)[nH]c1C. The van der Waals surface area contributed by atoms with E-state index >= 15 is 0 Å². The summed E-state index contributed by atoms with van der Waals surface area (Å²) in [5, 5.41) is 0. The van der Waals surface area contributed by atoms with Gasteiger partial charge in [0.2, 0.25) is 0 Å². The number of hydrogen-bond donors (Lipinski definition) is 1. The summed E-state index contributed by atoms with van der Waals surface area (Å²) in [5.74, 6) is 0. The van der Waals surface area contributed by atoms with Gasteiger partial charge in [-0.15, -0.1) is 0 Å². The number of nitrogens with one attached hydrogen (secondary N) is 1. The fourth-order valence-electron chi connectivity index (χ4n) is 1.32. The number of aromatic nitrogens is 1. The highest BCUT2D eigenvalue weighted by Gasteiger charge is 2.26. The number of aromatic amines is 1.